The number of aryl methyl sites for hydroxylation is 2. The van der Waals surface area contributed by atoms with E-state index in [1.54, 1.807) is 0 Å². The van der Waals surface area contributed by atoms with Crippen molar-refractivity contribution in [3.8, 4) is 5.75 Å². The van der Waals surface area contributed by atoms with Crippen LogP contribution >= 0.6 is 0 Å². The molecule has 0 bridgehead atoms. The maximum Gasteiger partial charge on any atom is 0.140 e. The van der Waals surface area contributed by atoms with Gasteiger partial charge in [0.25, 0.3) is 0 Å². The van der Waals surface area contributed by atoms with Crippen LogP contribution in [0, 0.1) is 12.8 Å². The zero-order valence-corrected chi connectivity index (χ0v) is 13.6. The van der Waals surface area contributed by atoms with Gasteiger partial charge in [0.15, 0.2) is 0 Å². The molecule has 0 heterocycles. The van der Waals surface area contributed by atoms with Gasteiger partial charge in [0.1, 0.15) is 17.3 Å². The van der Waals surface area contributed by atoms with E-state index in [1.807, 2.05) is 13.0 Å². The van der Waals surface area contributed by atoms with Gasteiger partial charge in [-0.2, -0.15) is 0 Å². The fourth-order valence-electron chi connectivity index (χ4n) is 2.54. The van der Waals surface area contributed by atoms with Gasteiger partial charge in [-0.1, -0.05) is 31.5 Å². The van der Waals surface area contributed by atoms with Crippen LogP contribution in [0.4, 0.5) is 0 Å². The van der Waals surface area contributed by atoms with Crippen molar-refractivity contribution in [2.45, 2.75) is 53.4 Å². The van der Waals surface area contributed by atoms with Gasteiger partial charge < -0.3 is 4.74 Å². The van der Waals surface area contributed by atoms with E-state index in [-0.39, 0.29) is 11.6 Å². The molecule has 0 spiro atoms. The topological polar surface area (TPSA) is 43.4 Å². The lowest BCUT2D eigenvalue weighted by Gasteiger charge is -2.15. The van der Waals surface area contributed by atoms with E-state index in [4.69, 9.17) is 4.74 Å². The number of benzene rings is 1. The molecule has 0 aliphatic heterocycles. The van der Waals surface area contributed by atoms with Crippen LogP contribution in [0.15, 0.2) is 18.2 Å². The lowest BCUT2D eigenvalue weighted by molar-refractivity contribution is -0.130. The minimum absolute atomic E-state index is 0.0509. The van der Waals surface area contributed by atoms with Gasteiger partial charge in [-0.25, -0.2) is 0 Å². The first-order chi connectivity index (χ1) is 9.97. The highest BCUT2D eigenvalue weighted by Gasteiger charge is 2.18. The van der Waals surface area contributed by atoms with Crippen LogP contribution in [0.5, 0.6) is 5.75 Å². The number of carbonyl (C=O) groups is 2. The van der Waals surface area contributed by atoms with Crippen molar-refractivity contribution in [2.24, 2.45) is 5.92 Å². The number of para-hydroxylation sites is 1. The third-order valence-corrected chi connectivity index (χ3v) is 3.68. The van der Waals surface area contributed by atoms with Crippen LogP contribution < -0.4 is 4.74 Å². The van der Waals surface area contributed by atoms with E-state index in [1.165, 1.54) is 19.4 Å². The average molecular weight is 290 g/mol. The third-order valence-electron chi connectivity index (χ3n) is 3.68. The van der Waals surface area contributed by atoms with E-state index < -0.39 is 5.92 Å². The van der Waals surface area contributed by atoms with Crippen LogP contribution in [0.3, 0.4) is 0 Å². The second-order valence-corrected chi connectivity index (χ2v) is 5.58. The molecule has 0 aliphatic rings. The lowest BCUT2D eigenvalue weighted by Crippen LogP contribution is -2.20. The highest BCUT2D eigenvalue weighted by molar-refractivity contribution is 6.00. The van der Waals surface area contributed by atoms with Gasteiger partial charge in [0, 0.05) is 0 Å². The highest BCUT2D eigenvalue weighted by atomic mass is 16.5. The first-order valence-electron chi connectivity index (χ1n) is 7.69. The summed E-state index contributed by atoms with van der Waals surface area (Å²) in [6.07, 6.45) is 3.36. The zero-order valence-electron chi connectivity index (χ0n) is 13.6. The predicted molar refractivity (Wildman–Crippen MR) is 84.8 cm³/mol. The molecule has 1 aromatic carbocycles. The number of rotatable bonds is 9. The molecular formula is C18H26O3. The SMILES string of the molecule is CCCc1cccc(C)c1OCCCC(C(C)=O)C(C)=O. The number of ether oxygens (including phenoxy) is 1. The molecule has 0 amide bonds. The quantitative estimate of drug-likeness (QED) is 0.511. The Balaban J connectivity index is 2.56. The molecule has 0 radical (unpaired) electrons. The normalized spacial score (nSPS) is 10.7. The highest BCUT2D eigenvalue weighted by Crippen LogP contribution is 2.25. The standard InChI is InChI=1S/C18H26O3/c1-5-8-16-10-6-9-13(2)18(16)21-12-7-11-17(14(3)19)15(4)20/h6,9-10,17H,5,7-8,11-12H2,1-4H3. The molecule has 0 aromatic heterocycles. The number of hydrogen-bond acceptors (Lipinski definition) is 3. The van der Waals surface area contributed by atoms with Gasteiger partial charge in [0.05, 0.1) is 12.5 Å². The van der Waals surface area contributed by atoms with Crippen molar-refractivity contribution in [3.63, 3.8) is 0 Å². The van der Waals surface area contributed by atoms with Gasteiger partial charge >= 0.3 is 0 Å². The molecule has 0 unspecified atom stereocenters. The Labute approximate surface area is 127 Å². The second-order valence-electron chi connectivity index (χ2n) is 5.58. The van der Waals surface area contributed by atoms with Crippen molar-refractivity contribution in [1.82, 2.24) is 0 Å². The maximum absolute atomic E-state index is 11.4. The van der Waals surface area contributed by atoms with Gasteiger partial charge in [-0.3, -0.25) is 9.59 Å². The van der Waals surface area contributed by atoms with E-state index in [9.17, 15) is 9.59 Å². The van der Waals surface area contributed by atoms with Crippen LogP contribution in [-0.2, 0) is 16.0 Å². The van der Waals surface area contributed by atoms with E-state index in [0.29, 0.717) is 19.4 Å². The molecule has 0 fully saturated rings. The molecule has 3 heteroatoms. The van der Waals surface area contributed by atoms with Gasteiger partial charge in [0.2, 0.25) is 0 Å². The molecule has 3 nitrogen and oxygen atoms in total. The van der Waals surface area contributed by atoms with Crippen molar-refractivity contribution in [2.75, 3.05) is 6.61 Å². The van der Waals surface area contributed by atoms with Crippen molar-refractivity contribution in [1.29, 1.82) is 0 Å². The summed E-state index contributed by atoms with van der Waals surface area (Å²) in [5.41, 5.74) is 2.36. The molecule has 116 valence electrons. The summed E-state index contributed by atoms with van der Waals surface area (Å²) in [5, 5.41) is 0. The van der Waals surface area contributed by atoms with Crippen LogP contribution in [0.25, 0.3) is 0 Å². The summed E-state index contributed by atoms with van der Waals surface area (Å²) in [6, 6.07) is 6.19. The summed E-state index contributed by atoms with van der Waals surface area (Å²) in [7, 11) is 0. The first-order valence-corrected chi connectivity index (χ1v) is 7.69. The van der Waals surface area contributed by atoms with Crippen LogP contribution in [0.2, 0.25) is 0 Å². The number of ketones is 2. The number of hydrogen-bond donors (Lipinski definition) is 0. The molecule has 0 saturated carbocycles. The second kappa shape index (κ2) is 8.60. The van der Waals surface area contributed by atoms with E-state index in [0.717, 1.165) is 24.2 Å². The third kappa shape index (κ3) is 5.33. The van der Waals surface area contributed by atoms with Gasteiger partial charge in [-0.05, 0) is 51.2 Å². The Morgan fingerprint density at radius 1 is 1.19 bits per heavy atom. The summed E-state index contributed by atoms with van der Waals surface area (Å²) < 4.78 is 5.91. The molecule has 0 atom stereocenters. The van der Waals surface area contributed by atoms with Gasteiger partial charge in [-0.15, -0.1) is 0 Å². The van der Waals surface area contributed by atoms with E-state index >= 15 is 0 Å². The Morgan fingerprint density at radius 3 is 2.43 bits per heavy atom. The number of Topliss-reactive ketones (excluding diaryl/α,β-unsaturated/α-hetero) is 2. The first kappa shape index (κ1) is 17.4. The van der Waals surface area contributed by atoms with Crippen molar-refractivity contribution in [3.05, 3.63) is 29.3 Å². The molecular weight excluding hydrogens is 264 g/mol. The Bertz CT molecular complexity index is 477. The van der Waals surface area contributed by atoms with Crippen molar-refractivity contribution >= 4 is 11.6 Å². The minimum Gasteiger partial charge on any atom is -0.493 e. The van der Waals surface area contributed by atoms with Crippen LogP contribution in [-0.4, -0.2) is 18.2 Å². The smallest absolute Gasteiger partial charge is 0.140 e. The molecule has 21 heavy (non-hydrogen) atoms. The maximum atomic E-state index is 11.4. The Morgan fingerprint density at radius 2 is 1.86 bits per heavy atom. The molecule has 0 N–H and O–H groups in total. The average Bonchev–Trinajstić information content (AvgIpc) is 2.40. The Kier molecular flexibility index (Phi) is 7.13. The van der Waals surface area contributed by atoms with Crippen molar-refractivity contribution < 1.29 is 14.3 Å². The fraction of sp³-hybridized carbons (Fsp3) is 0.556. The van der Waals surface area contributed by atoms with E-state index in [2.05, 4.69) is 19.1 Å². The molecule has 0 aliphatic carbocycles. The summed E-state index contributed by atoms with van der Waals surface area (Å²) in [4.78, 5) is 22.8. The summed E-state index contributed by atoms with van der Waals surface area (Å²) in [5.74, 6) is 0.386. The molecule has 1 aromatic rings. The fourth-order valence-corrected chi connectivity index (χ4v) is 2.54. The minimum atomic E-state index is -0.472. The predicted octanol–water partition coefficient (Wildman–Crippen LogP) is 3.90. The molecule has 1 rings (SSSR count). The summed E-state index contributed by atoms with van der Waals surface area (Å²) >= 11 is 0. The lowest BCUT2D eigenvalue weighted by atomic mass is 9.95. The monoisotopic (exact) mass is 290 g/mol. The molecule has 0 saturated heterocycles. The summed E-state index contributed by atoms with van der Waals surface area (Å²) in [6.45, 7) is 7.69. The zero-order chi connectivity index (χ0) is 15.8. The number of carbonyl (C=O) groups excluding carboxylic acids is 2. The largest absolute Gasteiger partial charge is 0.493 e. The van der Waals surface area contributed by atoms with Crippen LogP contribution in [0.1, 0.15) is 51.2 Å². The Hall–Kier alpha value is -1.64.